The molecule has 0 spiro atoms. The zero-order valence-corrected chi connectivity index (χ0v) is 18.2. The van der Waals surface area contributed by atoms with Gasteiger partial charge in [0.15, 0.2) is 0 Å². The summed E-state index contributed by atoms with van der Waals surface area (Å²) in [5, 5.41) is 16.7. The van der Waals surface area contributed by atoms with Crippen molar-refractivity contribution in [2.75, 3.05) is 32.7 Å². The van der Waals surface area contributed by atoms with Crippen molar-refractivity contribution < 1.29 is 9.90 Å². The monoisotopic (exact) mass is 422 g/mol. The first kappa shape index (κ1) is 21.9. The Bertz CT molecular complexity index is 866. The standard InChI is InChI=1S/C25H34N4O2/c30-24(18-29-14-10-20-3-1-2-4-22(20)17-29)16-28-25(31)21-9-13-27-23(15-21)6-5-19-7-11-26-12-8-19/h1-4,9,13,15,19,24,26,30H,5-8,10-12,14,16-18H2,(H,28,31)/t24-/m0/s1. The highest BCUT2D eigenvalue weighted by Crippen LogP contribution is 2.19. The third-order valence-electron chi connectivity index (χ3n) is 6.52. The Balaban J connectivity index is 1.22. The molecule has 6 heteroatoms. The maximum Gasteiger partial charge on any atom is 0.251 e. The first-order valence-electron chi connectivity index (χ1n) is 11.6. The highest BCUT2D eigenvalue weighted by molar-refractivity contribution is 5.94. The molecule has 1 atom stereocenters. The molecule has 1 saturated heterocycles. The summed E-state index contributed by atoms with van der Waals surface area (Å²) in [4.78, 5) is 19.3. The van der Waals surface area contributed by atoms with Crippen molar-refractivity contribution in [1.82, 2.24) is 20.5 Å². The fraction of sp³-hybridized carbons (Fsp3) is 0.520. The third kappa shape index (κ3) is 6.35. The van der Waals surface area contributed by atoms with Gasteiger partial charge in [0.25, 0.3) is 5.91 Å². The molecule has 6 nitrogen and oxygen atoms in total. The Morgan fingerprint density at radius 2 is 2.03 bits per heavy atom. The van der Waals surface area contributed by atoms with Crippen LogP contribution in [0.25, 0.3) is 0 Å². The van der Waals surface area contributed by atoms with Crippen LogP contribution < -0.4 is 10.6 Å². The van der Waals surface area contributed by atoms with E-state index in [1.54, 1.807) is 12.3 Å². The maximum atomic E-state index is 12.6. The van der Waals surface area contributed by atoms with Gasteiger partial charge in [0.1, 0.15) is 0 Å². The second-order valence-electron chi connectivity index (χ2n) is 8.89. The Morgan fingerprint density at radius 3 is 2.87 bits per heavy atom. The van der Waals surface area contributed by atoms with Gasteiger partial charge >= 0.3 is 0 Å². The molecule has 1 aromatic heterocycles. The van der Waals surface area contributed by atoms with Crippen LogP contribution >= 0.6 is 0 Å². The van der Waals surface area contributed by atoms with Gasteiger partial charge in [-0.1, -0.05) is 24.3 Å². The van der Waals surface area contributed by atoms with E-state index in [2.05, 4.69) is 44.8 Å². The molecule has 2 aromatic rings. The molecule has 2 aliphatic rings. The first-order valence-corrected chi connectivity index (χ1v) is 11.6. The summed E-state index contributed by atoms with van der Waals surface area (Å²) in [5.41, 5.74) is 4.32. The largest absolute Gasteiger partial charge is 0.390 e. The summed E-state index contributed by atoms with van der Waals surface area (Å²) < 4.78 is 0. The van der Waals surface area contributed by atoms with Crippen LogP contribution in [0.1, 0.15) is 46.4 Å². The van der Waals surface area contributed by atoms with Crippen LogP contribution in [-0.4, -0.2) is 59.7 Å². The van der Waals surface area contributed by atoms with Crippen molar-refractivity contribution in [2.24, 2.45) is 5.92 Å². The number of piperidine rings is 1. The van der Waals surface area contributed by atoms with Gasteiger partial charge in [0.05, 0.1) is 6.10 Å². The zero-order valence-electron chi connectivity index (χ0n) is 18.2. The molecule has 0 radical (unpaired) electrons. The molecule has 0 saturated carbocycles. The van der Waals surface area contributed by atoms with Crippen molar-refractivity contribution in [3.05, 3.63) is 65.0 Å². The number of pyridine rings is 1. The lowest BCUT2D eigenvalue weighted by molar-refractivity contribution is 0.0841. The number of aryl methyl sites for hydroxylation is 1. The van der Waals surface area contributed by atoms with Crippen LogP contribution in [0, 0.1) is 5.92 Å². The van der Waals surface area contributed by atoms with E-state index in [-0.39, 0.29) is 12.5 Å². The predicted molar refractivity (Wildman–Crippen MR) is 122 cm³/mol. The summed E-state index contributed by atoms with van der Waals surface area (Å²) >= 11 is 0. The molecule has 0 aliphatic carbocycles. The number of hydrogen-bond acceptors (Lipinski definition) is 5. The van der Waals surface area contributed by atoms with E-state index in [0.29, 0.717) is 12.1 Å². The molecule has 3 heterocycles. The maximum absolute atomic E-state index is 12.6. The van der Waals surface area contributed by atoms with Crippen LogP contribution in [0.5, 0.6) is 0 Å². The van der Waals surface area contributed by atoms with Crippen LogP contribution in [-0.2, 0) is 19.4 Å². The van der Waals surface area contributed by atoms with Crippen LogP contribution in [0.2, 0.25) is 0 Å². The van der Waals surface area contributed by atoms with Gasteiger partial charge in [-0.25, -0.2) is 0 Å². The number of hydrogen-bond donors (Lipinski definition) is 3. The third-order valence-corrected chi connectivity index (χ3v) is 6.52. The SMILES string of the molecule is O=C(NC[C@H](O)CN1CCc2ccccc2C1)c1ccnc(CCC2CCNCC2)c1. The van der Waals surface area contributed by atoms with Crippen LogP contribution in [0.3, 0.4) is 0 Å². The minimum absolute atomic E-state index is 0.145. The normalized spacial score (nSPS) is 18.4. The minimum Gasteiger partial charge on any atom is -0.390 e. The van der Waals surface area contributed by atoms with Gasteiger partial charge in [-0.15, -0.1) is 0 Å². The summed E-state index contributed by atoms with van der Waals surface area (Å²) in [7, 11) is 0. The molecule has 166 valence electrons. The van der Waals surface area contributed by atoms with Crippen molar-refractivity contribution in [3.8, 4) is 0 Å². The highest BCUT2D eigenvalue weighted by Gasteiger charge is 2.19. The van der Waals surface area contributed by atoms with Crippen molar-refractivity contribution in [2.45, 2.75) is 44.8 Å². The van der Waals surface area contributed by atoms with Crippen molar-refractivity contribution in [3.63, 3.8) is 0 Å². The Hall–Kier alpha value is -2.28. The molecule has 0 bridgehead atoms. The van der Waals surface area contributed by atoms with E-state index in [9.17, 15) is 9.90 Å². The lowest BCUT2D eigenvalue weighted by Gasteiger charge is -2.30. The Labute approximate surface area is 185 Å². The topological polar surface area (TPSA) is 77.5 Å². The average molecular weight is 423 g/mol. The number of carbonyl (C=O) groups is 1. The number of β-amino-alcohol motifs (C(OH)–C–C–N with tert-alkyl or cyclic N) is 1. The number of nitrogens with one attached hydrogen (secondary N) is 2. The van der Waals surface area contributed by atoms with E-state index in [4.69, 9.17) is 0 Å². The number of nitrogens with zero attached hydrogens (tertiary/aromatic N) is 2. The summed E-state index contributed by atoms with van der Waals surface area (Å²) in [5.74, 6) is 0.603. The predicted octanol–water partition coefficient (Wildman–Crippen LogP) is 2.16. The number of fused-ring (bicyclic) bond motifs is 1. The van der Waals surface area contributed by atoms with E-state index >= 15 is 0 Å². The number of amides is 1. The van der Waals surface area contributed by atoms with Gasteiger partial charge in [0.2, 0.25) is 0 Å². The van der Waals surface area contributed by atoms with E-state index in [0.717, 1.165) is 57.1 Å². The van der Waals surface area contributed by atoms with Gasteiger partial charge in [-0.05, 0) is 74.4 Å². The van der Waals surface area contributed by atoms with Crippen molar-refractivity contribution in [1.29, 1.82) is 0 Å². The van der Waals surface area contributed by atoms with Crippen LogP contribution in [0.15, 0.2) is 42.6 Å². The quantitative estimate of drug-likeness (QED) is 0.608. The van der Waals surface area contributed by atoms with Gasteiger partial charge in [-0.3, -0.25) is 14.7 Å². The number of aliphatic hydroxyl groups excluding tert-OH is 1. The summed E-state index contributed by atoms with van der Waals surface area (Å²) in [6, 6.07) is 12.1. The van der Waals surface area contributed by atoms with E-state index in [1.165, 1.54) is 24.0 Å². The number of aromatic nitrogens is 1. The van der Waals surface area contributed by atoms with Crippen LogP contribution in [0.4, 0.5) is 0 Å². The second kappa shape index (κ2) is 10.8. The smallest absolute Gasteiger partial charge is 0.251 e. The lowest BCUT2D eigenvalue weighted by atomic mass is 9.92. The summed E-state index contributed by atoms with van der Waals surface area (Å²) in [6.45, 7) is 4.81. The van der Waals surface area contributed by atoms with E-state index < -0.39 is 6.10 Å². The molecule has 2 aliphatic heterocycles. The van der Waals surface area contributed by atoms with E-state index in [1.807, 2.05) is 6.07 Å². The molecule has 0 unspecified atom stereocenters. The number of carbonyl (C=O) groups excluding carboxylic acids is 1. The number of rotatable bonds is 8. The zero-order chi connectivity index (χ0) is 21.5. The van der Waals surface area contributed by atoms with Gasteiger partial charge in [-0.2, -0.15) is 0 Å². The molecule has 4 rings (SSSR count). The molecule has 1 amide bonds. The molecular formula is C25H34N4O2. The second-order valence-corrected chi connectivity index (χ2v) is 8.89. The van der Waals surface area contributed by atoms with Gasteiger partial charge in [0, 0.05) is 43.6 Å². The molecule has 1 fully saturated rings. The molecular weight excluding hydrogens is 388 g/mol. The lowest BCUT2D eigenvalue weighted by Crippen LogP contribution is -2.42. The fourth-order valence-corrected chi connectivity index (χ4v) is 4.66. The minimum atomic E-state index is -0.588. The first-order chi connectivity index (χ1) is 15.2. The van der Waals surface area contributed by atoms with Crippen molar-refractivity contribution >= 4 is 5.91 Å². The van der Waals surface area contributed by atoms with Gasteiger partial charge < -0.3 is 15.7 Å². The Morgan fingerprint density at radius 1 is 1.23 bits per heavy atom. The fourth-order valence-electron chi connectivity index (χ4n) is 4.66. The molecule has 1 aromatic carbocycles. The highest BCUT2D eigenvalue weighted by atomic mass is 16.3. The molecule has 31 heavy (non-hydrogen) atoms. The number of benzene rings is 1. The Kier molecular flexibility index (Phi) is 7.67. The summed E-state index contributed by atoms with van der Waals surface area (Å²) in [6.07, 6.45) is 6.61. The number of aliphatic hydroxyl groups is 1. The average Bonchev–Trinajstić information content (AvgIpc) is 2.82. The molecule has 3 N–H and O–H groups in total.